The van der Waals surface area contributed by atoms with E-state index in [4.69, 9.17) is 11.6 Å². The normalized spacial score (nSPS) is 10.2. The maximum absolute atomic E-state index is 5.82. The van der Waals surface area contributed by atoms with Gasteiger partial charge in [0.15, 0.2) is 0 Å². The van der Waals surface area contributed by atoms with Gasteiger partial charge < -0.3 is 5.32 Å². The number of pyridine rings is 1. The third-order valence-corrected chi connectivity index (χ3v) is 3.44. The van der Waals surface area contributed by atoms with E-state index in [-0.39, 0.29) is 0 Å². The zero-order chi connectivity index (χ0) is 11.5. The minimum absolute atomic E-state index is 0.724. The van der Waals surface area contributed by atoms with Gasteiger partial charge in [0.05, 0.1) is 4.47 Å². The van der Waals surface area contributed by atoms with Gasteiger partial charge in [0.1, 0.15) is 5.82 Å². The third-order valence-electron chi connectivity index (χ3n) is 2.19. The van der Waals surface area contributed by atoms with Gasteiger partial charge in [0.2, 0.25) is 0 Å². The molecule has 1 heterocycles. The fourth-order valence-corrected chi connectivity index (χ4v) is 1.76. The predicted molar refractivity (Wildman–Crippen MR) is 71.4 cm³/mol. The highest BCUT2D eigenvalue weighted by molar-refractivity contribution is 9.10. The molecule has 0 radical (unpaired) electrons. The Morgan fingerprint density at radius 1 is 1.19 bits per heavy atom. The Kier molecular flexibility index (Phi) is 3.46. The van der Waals surface area contributed by atoms with E-state index in [1.165, 1.54) is 0 Å². The number of rotatable bonds is 2. The van der Waals surface area contributed by atoms with Crippen molar-refractivity contribution in [3.05, 3.63) is 51.6 Å². The molecule has 4 heteroatoms. The second-order valence-corrected chi connectivity index (χ2v) is 4.65. The first-order chi connectivity index (χ1) is 7.66. The summed E-state index contributed by atoms with van der Waals surface area (Å²) in [5.41, 5.74) is 2.11. The van der Waals surface area contributed by atoms with Crippen LogP contribution in [-0.2, 0) is 0 Å². The summed E-state index contributed by atoms with van der Waals surface area (Å²) in [4.78, 5) is 4.27. The van der Waals surface area contributed by atoms with Gasteiger partial charge in [-0.15, -0.1) is 0 Å². The van der Waals surface area contributed by atoms with Gasteiger partial charge in [0.25, 0.3) is 0 Å². The topological polar surface area (TPSA) is 24.9 Å². The van der Waals surface area contributed by atoms with E-state index in [1.807, 2.05) is 37.3 Å². The first-order valence-corrected chi connectivity index (χ1v) is 5.97. The lowest BCUT2D eigenvalue weighted by Gasteiger charge is -2.08. The molecule has 0 unspecified atom stereocenters. The molecule has 0 aliphatic heterocycles. The van der Waals surface area contributed by atoms with E-state index in [2.05, 4.69) is 26.2 Å². The number of hydrogen-bond donors (Lipinski definition) is 1. The molecule has 0 bridgehead atoms. The Hall–Kier alpha value is -1.06. The number of halogens is 2. The van der Waals surface area contributed by atoms with Crippen molar-refractivity contribution in [2.24, 2.45) is 0 Å². The highest BCUT2D eigenvalue weighted by atomic mass is 79.9. The van der Waals surface area contributed by atoms with Crippen molar-refractivity contribution in [3.63, 3.8) is 0 Å². The van der Waals surface area contributed by atoms with Crippen molar-refractivity contribution in [1.82, 2.24) is 4.98 Å². The molecule has 16 heavy (non-hydrogen) atoms. The third kappa shape index (κ3) is 2.54. The number of anilines is 2. The molecule has 2 nitrogen and oxygen atoms in total. The number of aryl methyl sites for hydroxylation is 1. The molecule has 0 fully saturated rings. The molecule has 1 aromatic carbocycles. The number of nitrogens with one attached hydrogen (secondary N) is 1. The summed E-state index contributed by atoms with van der Waals surface area (Å²) in [6.07, 6.45) is 1.78. The zero-order valence-corrected chi connectivity index (χ0v) is 11.0. The lowest BCUT2D eigenvalue weighted by molar-refractivity contribution is 1.25. The molecule has 0 saturated carbocycles. The predicted octanol–water partition coefficient (Wildman–Crippen LogP) is 4.55. The molecule has 0 aliphatic carbocycles. The largest absolute Gasteiger partial charge is 0.339 e. The molecule has 2 rings (SSSR count). The van der Waals surface area contributed by atoms with E-state index in [9.17, 15) is 0 Å². The summed E-state index contributed by atoms with van der Waals surface area (Å²) < 4.78 is 0.977. The zero-order valence-electron chi connectivity index (χ0n) is 8.67. The van der Waals surface area contributed by atoms with Gasteiger partial charge in [0, 0.05) is 16.9 Å². The standard InChI is InChI=1S/C12H10BrClN2/c1-8-6-7-15-12(11(8)13)16-10-4-2-9(14)3-5-10/h2-7H,1H3,(H,15,16). The van der Waals surface area contributed by atoms with Crippen molar-refractivity contribution in [1.29, 1.82) is 0 Å². The van der Waals surface area contributed by atoms with Crippen LogP contribution in [-0.4, -0.2) is 4.98 Å². The van der Waals surface area contributed by atoms with Crippen molar-refractivity contribution in [2.45, 2.75) is 6.92 Å². The SMILES string of the molecule is Cc1ccnc(Nc2ccc(Cl)cc2)c1Br. The molecule has 0 aliphatic rings. The Balaban J connectivity index is 2.27. The highest BCUT2D eigenvalue weighted by Crippen LogP contribution is 2.26. The summed E-state index contributed by atoms with van der Waals surface area (Å²) in [7, 11) is 0. The monoisotopic (exact) mass is 296 g/mol. The number of nitrogens with zero attached hydrogens (tertiary/aromatic N) is 1. The Morgan fingerprint density at radius 2 is 1.88 bits per heavy atom. The molecule has 0 amide bonds. The molecular weight excluding hydrogens is 288 g/mol. The van der Waals surface area contributed by atoms with Gasteiger partial charge in [-0.2, -0.15) is 0 Å². The Labute approximate surface area is 108 Å². The van der Waals surface area contributed by atoms with Gasteiger partial charge in [-0.1, -0.05) is 11.6 Å². The molecular formula is C12H10BrClN2. The van der Waals surface area contributed by atoms with Crippen LogP contribution in [0.4, 0.5) is 11.5 Å². The highest BCUT2D eigenvalue weighted by Gasteiger charge is 2.03. The van der Waals surface area contributed by atoms with Gasteiger partial charge in [-0.05, 0) is 58.7 Å². The van der Waals surface area contributed by atoms with Gasteiger partial charge in [-0.3, -0.25) is 0 Å². The Bertz CT molecular complexity index is 497. The summed E-state index contributed by atoms with van der Waals surface area (Å²) in [5.74, 6) is 0.808. The molecule has 82 valence electrons. The number of hydrogen-bond acceptors (Lipinski definition) is 2. The summed E-state index contributed by atoms with van der Waals surface area (Å²) in [6.45, 7) is 2.03. The maximum atomic E-state index is 5.82. The van der Waals surface area contributed by atoms with Crippen molar-refractivity contribution < 1.29 is 0 Å². The number of aromatic nitrogens is 1. The van der Waals surface area contributed by atoms with Crippen LogP contribution < -0.4 is 5.32 Å². The maximum Gasteiger partial charge on any atom is 0.144 e. The van der Waals surface area contributed by atoms with Crippen LogP contribution in [0, 0.1) is 6.92 Å². The smallest absolute Gasteiger partial charge is 0.144 e. The van der Waals surface area contributed by atoms with Crippen LogP contribution in [0.5, 0.6) is 0 Å². The van der Waals surface area contributed by atoms with Crippen molar-refractivity contribution >= 4 is 39.0 Å². The average Bonchev–Trinajstić information content (AvgIpc) is 2.28. The Morgan fingerprint density at radius 3 is 2.56 bits per heavy atom. The summed E-state index contributed by atoms with van der Waals surface area (Å²) in [5, 5.41) is 3.95. The lowest BCUT2D eigenvalue weighted by Crippen LogP contribution is -1.95. The quantitative estimate of drug-likeness (QED) is 0.879. The molecule has 1 N–H and O–H groups in total. The molecule has 0 atom stereocenters. The van der Waals surface area contributed by atoms with E-state index >= 15 is 0 Å². The van der Waals surface area contributed by atoms with Crippen LogP contribution in [0.15, 0.2) is 41.0 Å². The van der Waals surface area contributed by atoms with Crippen molar-refractivity contribution in [2.75, 3.05) is 5.32 Å². The molecule has 2 aromatic rings. The lowest BCUT2D eigenvalue weighted by atomic mass is 10.3. The van der Waals surface area contributed by atoms with E-state index < -0.39 is 0 Å². The molecule has 1 aromatic heterocycles. The summed E-state index contributed by atoms with van der Waals surface area (Å²) in [6, 6.07) is 9.47. The van der Waals surface area contributed by atoms with Crippen LogP contribution in [0.1, 0.15) is 5.56 Å². The average molecular weight is 298 g/mol. The van der Waals surface area contributed by atoms with Crippen LogP contribution in [0.3, 0.4) is 0 Å². The van der Waals surface area contributed by atoms with Crippen LogP contribution in [0.2, 0.25) is 5.02 Å². The van der Waals surface area contributed by atoms with Crippen LogP contribution in [0.25, 0.3) is 0 Å². The number of benzene rings is 1. The second-order valence-electron chi connectivity index (χ2n) is 3.42. The minimum atomic E-state index is 0.724. The molecule has 0 saturated heterocycles. The van der Waals surface area contributed by atoms with Crippen LogP contribution >= 0.6 is 27.5 Å². The van der Waals surface area contributed by atoms with E-state index in [1.54, 1.807) is 6.20 Å². The van der Waals surface area contributed by atoms with Gasteiger partial charge >= 0.3 is 0 Å². The fourth-order valence-electron chi connectivity index (χ4n) is 1.30. The first kappa shape index (κ1) is 11.4. The van der Waals surface area contributed by atoms with Crippen molar-refractivity contribution in [3.8, 4) is 0 Å². The fraction of sp³-hybridized carbons (Fsp3) is 0.0833. The summed E-state index contributed by atoms with van der Waals surface area (Å²) >= 11 is 9.32. The van der Waals surface area contributed by atoms with E-state index in [0.717, 1.165) is 26.6 Å². The van der Waals surface area contributed by atoms with E-state index in [0.29, 0.717) is 0 Å². The second kappa shape index (κ2) is 4.85. The minimum Gasteiger partial charge on any atom is -0.339 e. The molecule has 0 spiro atoms. The first-order valence-electron chi connectivity index (χ1n) is 4.80. The van der Waals surface area contributed by atoms with Gasteiger partial charge in [-0.25, -0.2) is 4.98 Å².